The number of nitrogens with one attached hydrogen (secondary N) is 2. The van der Waals surface area contributed by atoms with Crippen LogP contribution >= 0.6 is 0 Å². The van der Waals surface area contributed by atoms with E-state index >= 15 is 0 Å². The molecule has 6 heteroatoms. The van der Waals surface area contributed by atoms with Crippen molar-refractivity contribution in [3.63, 3.8) is 0 Å². The van der Waals surface area contributed by atoms with E-state index in [-0.39, 0.29) is 5.91 Å². The second-order valence-corrected chi connectivity index (χ2v) is 6.26. The minimum atomic E-state index is -0.0552. The summed E-state index contributed by atoms with van der Waals surface area (Å²) in [6, 6.07) is 11.4. The van der Waals surface area contributed by atoms with E-state index in [0.717, 1.165) is 28.2 Å². The van der Waals surface area contributed by atoms with Crippen molar-refractivity contribution in [2.75, 3.05) is 11.9 Å². The van der Waals surface area contributed by atoms with Gasteiger partial charge in [0.2, 0.25) is 0 Å². The number of benzene rings is 1. The summed E-state index contributed by atoms with van der Waals surface area (Å²) in [5.74, 6) is 1.40. The zero-order valence-electron chi connectivity index (χ0n) is 15.8. The topological polar surface area (TPSA) is 79.8 Å². The van der Waals surface area contributed by atoms with E-state index in [1.165, 1.54) is 0 Å². The van der Waals surface area contributed by atoms with Crippen LogP contribution in [0.1, 0.15) is 34.1 Å². The first kappa shape index (κ1) is 18.5. The maximum Gasteiger partial charge on any atom is 0.251 e. The molecule has 0 bridgehead atoms. The molecule has 0 spiro atoms. The lowest BCUT2D eigenvalue weighted by Crippen LogP contribution is -2.22. The van der Waals surface area contributed by atoms with Crippen LogP contribution in [0.2, 0.25) is 0 Å². The molecule has 0 aliphatic heterocycles. The number of hydrogen-bond donors (Lipinski definition) is 2. The van der Waals surface area contributed by atoms with Gasteiger partial charge in [0.25, 0.3) is 5.91 Å². The van der Waals surface area contributed by atoms with Crippen LogP contribution in [0.15, 0.2) is 48.8 Å². The Morgan fingerprint density at radius 2 is 1.85 bits per heavy atom. The first-order valence-corrected chi connectivity index (χ1v) is 8.95. The summed E-state index contributed by atoms with van der Waals surface area (Å²) in [7, 11) is 0. The highest BCUT2D eigenvalue weighted by Gasteiger charge is 2.10. The molecule has 0 saturated carbocycles. The first-order valence-electron chi connectivity index (χ1n) is 8.95. The number of rotatable bonds is 6. The van der Waals surface area contributed by atoms with Crippen molar-refractivity contribution in [2.45, 2.75) is 27.3 Å². The second kappa shape index (κ2) is 8.40. The normalized spacial score (nSPS) is 10.5. The molecule has 0 aliphatic rings. The van der Waals surface area contributed by atoms with Gasteiger partial charge in [-0.15, -0.1) is 0 Å². The molecule has 3 rings (SSSR count). The van der Waals surface area contributed by atoms with Gasteiger partial charge >= 0.3 is 0 Å². The maximum atomic E-state index is 11.8. The number of nitrogens with zero attached hydrogens (tertiary/aromatic N) is 3. The van der Waals surface area contributed by atoms with Gasteiger partial charge in [-0.25, -0.2) is 9.97 Å². The van der Waals surface area contributed by atoms with E-state index in [9.17, 15) is 4.79 Å². The van der Waals surface area contributed by atoms with Crippen LogP contribution in [0.3, 0.4) is 0 Å². The van der Waals surface area contributed by atoms with Crippen molar-refractivity contribution >= 4 is 11.7 Å². The average molecular weight is 361 g/mol. The van der Waals surface area contributed by atoms with E-state index in [1.54, 1.807) is 12.4 Å². The molecule has 2 heterocycles. The van der Waals surface area contributed by atoms with E-state index in [2.05, 4.69) is 25.6 Å². The monoisotopic (exact) mass is 361 g/mol. The molecule has 3 aromatic rings. The summed E-state index contributed by atoms with van der Waals surface area (Å²) in [4.78, 5) is 25.2. The number of aromatic nitrogens is 3. The molecule has 2 aromatic heterocycles. The molecule has 27 heavy (non-hydrogen) atoms. The Morgan fingerprint density at radius 3 is 2.52 bits per heavy atom. The van der Waals surface area contributed by atoms with Gasteiger partial charge in [-0.2, -0.15) is 0 Å². The van der Waals surface area contributed by atoms with Gasteiger partial charge in [-0.1, -0.05) is 12.1 Å². The third-order valence-corrected chi connectivity index (χ3v) is 4.32. The highest BCUT2D eigenvalue weighted by atomic mass is 16.1. The van der Waals surface area contributed by atoms with Gasteiger partial charge in [0.1, 0.15) is 5.82 Å². The summed E-state index contributed by atoms with van der Waals surface area (Å²) in [5, 5.41) is 6.18. The number of anilines is 1. The smallest absolute Gasteiger partial charge is 0.251 e. The fourth-order valence-corrected chi connectivity index (χ4v) is 2.65. The fourth-order valence-electron chi connectivity index (χ4n) is 2.65. The lowest BCUT2D eigenvalue weighted by Gasteiger charge is -2.13. The predicted molar refractivity (Wildman–Crippen MR) is 107 cm³/mol. The number of amides is 1. The fraction of sp³-hybridized carbons (Fsp3) is 0.238. The molecule has 0 unspecified atom stereocenters. The quantitative estimate of drug-likeness (QED) is 0.702. The highest BCUT2D eigenvalue weighted by Crippen LogP contribution is 2.21. The summed E-state index contributed by atoms with van der Waals surface area (Å²) >= 11 is 0. The summed E-state index contributed by atoms with van der Waals surface area (Å²) in [6.07, 6.45) is 3.49. The largest absolute Gasteiger partial charge is 0.366 e. The van der Waals surface area contributed by atoms with Crippen LogP contribution < -0.4 is 10.6 Å². The molecule has 6 nitrogen and oxygen atoms in total. The minimum absolute atomic E-state index is 0.0552. The Morgan fingerprint density at radius 1 is 1.07 bits per heavy atom. The number of aryl methyl sites for hydroxylation is 1. The van der Waals surface area contributed by atoms with Gasteiger partial charge in [0.15, 0.2) is 5.82 Å². The van der Waals surface area contributed by atoms with E-state index in [1.807, 2.05) is 57.2 Å². The number of hydrogen-bond acceptors (Lipinski definition) is 5. The SMILES string of the molecule is CCNC(=O)c1ccc(CNc2nc(-c3cccnc3)nc(C)c2C)cc1. The van der Waals surface area contributed by atoms with Crippen LogP contribution in [-0.4, -0.2) is 27.4 Å². The van der Waals surface area contributed by atoms with Crippen molar-refractivity contribution in [3.05, 3.63) is 71.2 Å². The van der Waals surface area contributed by atoms with Crippen molar-refractivity contribution in [1.82, 2.24) is 20.3 Å². The molecule has 1 amide bonds. The molecular weight excluding hydrogens is 338 g/mol. The molecular formula is C21H23N5O. The summed E-state index contributed by atoms with van der Waals surface area (Å²) in [6.45, 7) is 7.11. The molecule has 0 aliphatic carbocycles. The zero-order chi connectivity index (χ0) is 19.2. The van der Waals surface area contributed by atoms with Crippen molar-refractivity contribution in [2.24, 2.45) is 0 Å². The van der Waals surface area contributed by atoms with E-state index < -0.39 is 0 Å². The molecule has 0 atom stereocenters. The summed E-state index contributed by atoms with van der Waals surface area (Å²) < 4.78 is 0. The van der Waals surface area contributed by atoms with E-state index in [4.69, 9.17) is 0 Å². The van der Waals surface area contributed by atoms with Crippen LogP contribution in [-0.2, 0) is 6.54 Å². The number of carbonyl (C=O) groups excluding carboxylic acids is 1. The maximum absolute atomic E-state index is 11.8. The molecule has 0 fully saturated rings. The Balaban J connectivity index is 1.76. The lowest BCUT2D eigenvalue weighted by atomic mass is 10.1. The first-order chi connectivity index (χ1) is 13.1. The average Bonchev–Trinajstić information content (AvgIpc) is 2.70. The van der Waals surface area contributed by atoms with Crippen molar-refractivity contribution in [1.29, 1.82) is 0 Å². The Bertz CT molecular complexity index is 923. The van der Waals surface area contributed by atoms with Crippen LogP contribution in [0.4, 0.5) is 5.82 Å². The van der Waals surface area contributed by atoms with Crippen molar-refractivity contribution < 1.29 is 4.79 Å². The zero-order valence-corrected chi connectivity index (χ0v) is 15.8. The van der Waals surface area contributed by atoms with Gasteiger partial charge in [0, 0.05) is 47.9 Å². The molecule has 1 aromatic carbocycles. The Hall–Kier alpha value is -3.28. The van der Waals surface area contributed by atoms with Crippen LogP contribution in [0.25, 0.3) is 11.4 Å². The van der Waals surface area contributed by atoms with Crippen LogP contribution in [0.5, 0.6) is 0 Å². The van der Waals surface area contributed by atoms with Gasteiger partial charge in [-0.3, -0.25) is 9.78 Å². The molecule has 2 N–H and O–H groups in total. The van der Waals surface area contributed by atoms with Gasteiger partial charge in [-0.05, 0) is 50.6 Å². The second-order valence-electron chi connectivity index (χ2n) is 6.26. The minimum Gasteiger partial charge on any atom is -0.366 e. The predicted octanol–water partition coefficient (Wildman–Crippen LogP) is 3.52. The molecule has 138 valence electrons. The van der Waals surface area contributed by atoms with Gasteiger partial charge in [0.05, 0.1) is 0 Å². The van der Waals surface area contributed by atoms with Crippen molar-refractivity contribution in [3.8, 4) is 11.4 Å². The Kier molecular flexibility index (Phi) is 5.76. The van der Waals surface area contributed by atoms with Crippen LogP contribution in [0, 0.1) is 13.8 Å². The summed E-state index contributed by atoms with van der Waals surface area (Å²) in [5.41, 5.74) is 4.56. The standard InChI is InChI=1S/C21H23N5O/c1-4-23-21(27)17-9-7-16(8-10-17)12-24-19-14(2)15(3)25-20(26-19)18-6-5-11-22-13-18/h5-11,13H,4,12H2,1-3H3,(H,23,27)(H,24,25,26). The third kappa shape index (κ3) is 4.47. The highest BCUT2D eigenvalue weighted by molar-refractivity contribution is 5.94. The molecule has 0 saturated heterocycles. The van der Waals surface area contributed by atoms with E-state index in [0.29, 0.717) is 24.5 Å². The lowest BCUT2D eigenvalue weighted by molar-refractivity contribution is 0.0956. The number of pyridine rings is 1. The third-order valence-electron chi connectivity index (χ3n) is 4.32. The number of carbonyl (C=O) groups is 1. The van der Waals surface area contributed by atoms with Gasteiger partial charge < -0.3 is 10.6 Å². The molecule has 0 radical (unpaired) electrons. The Labute approximate surface area is 159 Å².